The zero-order valence-electron chi connectivity index (χ0n) is 9.66. The van der Waals surface area contributed by atoms with Crippen molar-refractivity contribution in [3.05, 3.63) is 24.3 Å². The number of carbonyl (C=O) groups excluding carboxylic acids is 2. The minimum atomic E-state index is -3.77. The van der Waals surface area contributed by atoms with E-state index >= 15 is 0 Å². The van der Waals surface area contributed by atoms with E-state index in [1.807, 2.05) is 0 Å². The van der Waals surface area contributed by atoms with Crippen molar-refractivity contribution < 1.29 is 18.0 Å². The van der Waals surface area contributed by atoms with Crippen LogP contribution in [0.25, 0.3) is 0 Å². The van der Waals surface area contributed by atoms with Gasteiger partial charge in [-0.1, -0.05) is 6.92 Å². The van der Waals surface area contributed by atoms with Gasteiger partial charge in [-0.15, -0.1) is 0 Å². The number of rotatable bonds is 2. The van der Waals surface area contributed by atoms with Crippen LogP contribution in [-0.2, 0) is 19.6 Å². The molecule has 0 aromatic heterocycles. The molecule has 0 bridgehead atoms. The maximum atomic E-state index is 11.8. The van der Waals surface area contributed by atoms with Crippen LogP contribution in [0, 0.1) is 5.92 Å². The maximum Gasteiger partial charge on any atom is 0.238 e. The Labute approximate surface area is 104 Å². The summed E-state index contributed by atoms with van der Waals surface area (Å²) in [5, 5.41) is 4.96. The Morgan fingerprint density at radius 1 is 1.22 bits per heavy atom. The highest BCUT2D eigenvalue weighted by molar-refractivity contribution is 7.89. The number of carbonyl (C=O) groups is 2. The lowest BCUT2D eigenvalue weighted by molar-refractivity contribution is -0.122. The van der Waals surface area contributed by atoms with Crippen molar-refractivity contribution in [3.63, 3.8) is 0 Å². The maximum absolute atomic E-state index is 11.8. The van der Waals surface area contributed by atoms with Gasteiger partial charge >= 0.3 is 0 Å². The van der Waals surface area contributed by atoms with Gasteiger partial charge in [0.15, 0.2) is 0 Å². The summed E-state index contributed by atoms with van der Waals surface area (Å²) in [6, 6.07) is 5.34. The fourth-order valence-electron chi connectivity index (χ4n) is 1.84. The first-order valence-corrected chi connectivity index (χ1v) is 6.85. The van der Waals surface area contributed by atoms with Gasteiger partial charge in [-0.05, 0) is 24.3 Å². The summed E-state index contributed by atoms with van der Waals surface area (Å²) in [4.78, 5) is 24.4. The molecule has 1 aliphatic rings. The molecule has 1 saturated heterocycles. The quantitative estimate of drug-likeness (QED) is 0.776. The third kappa shape index (κ3) is 2.14. The number of hydrogen-bond acceptors (Lipinski definition) is 4. The van der Waals surface area contributed by atoms with Crippen LogP contribution in [0.3, 0.4) is 0 Å². The van der Waals surface area contributed by atoms with E-state index in [0.29, 0.717) is 5.69 Å². The Bertz CT molecular complexity index is 606. The molecular formula is C11H12N2O4S. The van der Waals surface area contributed by atoms with E-state index in [1.54, 1.807) is 6.92 Å². The van der Waals surface area contributed by atoms with Gasteiger partial charge in [0.25, 0.3) is 0 Å². The lowest BCUT2D eigenvalue weighted by Gasteiger charge is -2.14. The van der Waals surface area contributed by atoms with Crippen LogP contribution in [0.1, 0.15) is 13.3 Å². The zero-order valence-corrected chi connectivity index (χ0v) is 10.5. The van der Waals surface area contributed by atoms with Crippen molar-refractivity contribution in [1.82, 2.24) is 0 Å². The number of imide groups is 1. The van der Waals surface area contributed by atoms with Crippen LogP contribution in [-0.4, -0.2) is 20.2 Å². The van der Waals surface area contributed by atoms with Crippen LogP contribution in [0.4, 0.5) is 5.69 Å². The zero-order chi connectivity index (χ0) is 13.5. The van der Waals surface area contributed by atoms with Gasteiger partial charge in [-0.2, -0.15) is 0 Å². The number of anilines is 1. The Balaban J connectivity index is 2.36. The van der Waals surface area contributed by atoms with Crippen LogP contribution in [0.5, 0.6) is 0 Å². The molecule has 0 radical (unpaired) electrons. The van der Waals surface area contributed by atoms with Crippen molar-refractivity contribution in [3.8, 4) is 0 Å². The Morgan fingerprint density at radius 2 is 1.78 bits per heavy atom. The van der Waals surface area contributed by atoms with E-state index in [1.165, 1.54) is 24.3 Å². The highest BCUT2D eigenvalue weighted by Crippen LogP contribution is 2.26. The Kier molecular flexibility index (Phi) is 2.95. The van der Waals surface area contributed by atoms with Crippen molar-refractivity contribution in [2.45, 2.75) is 18.2 Å². The van der Waals surface area contributed by atoms with Crippen molar-refractivity contribution in [2.75, 3.05) is 4.90 Å². The minimum Gasteiger partial charge on any atom is -0.274 e. The molecule has 96 valence electrons. The Morgan fingerprint density at radius 3 is 2.17 bits per heavy atom. The molecule has 1 heterocycles. The molecule has 1 aromatic carbocycles. The SMILES string of the molecule is CC1CC(=O)N(c2ccc(S(N)(=O)=O)cc2)C1=O. The molecule has 2 rings (SSSR count). The molecule has 2 amide bonds. The molecule has 1 aromatic rings. The molecule has 1 unspecified atom stereocenters. The van der Waals surface area contributed by atoms with E-state index in [-0.39, 0.29) is 29.0 Å². The second-order valence-corrected chi connectivity index (χ2v) is 5.77. The van der Waals surface area contributed by atoms with Gasteiger partial charge in [-0.25, -0.2) is 13.6 Å². The number of primary sulfonamides is 1. The second kappa shape index (κ2) is 4.18. The fraction of sp³-hybridized carbons (Fsp3) is 0.273. The summed E-state index contributed by atoms with van der Waals surface area (Å²) in [6.45, 7) is 1.68. The monoisotopic (exact) mass is 268 g/mol. The third-order valence-corrected chi connectivity index (χ3v) is 3.72. The highest BCUT2D eigenvalue weighted by Gasteiger charge is 2.36. The molecule has 18 heavy (non-hydrogen) atoms. The third-order valence-electron chi connectivity index (χ3n) is 2.80. The molecule has 0 spiro atoms. The lowest BCUT2D eigenvalue weighted by atomic mass is 10.1. The summed E-state index contributed by atoms with van der Waals surface area (Å²) in [5.74, 6) is -0.894. The first-order chi connectivity index (χ1) is 8.30. The first kappa shape index (κ1) is 12.7. The first-order valence-electron chi connectivity index (χ1n) is 5.30. The van der Waals surface area contributed by atoms with Crippen LogP contribution >= 0.6 is 0 Å². The molecule has 6 nitrogen and oxygen atoms in total. The molecule has 2 N–H and O–H groups in total. The second-order valence-electron chi connectivity index (χ2n) is 4.21. The standard InChI is InChI=1S/C11H12N2O4S/c1-7-6-10(14)13(11(7)15)8-2-4-9(5-3-8)18(12,16)17/h2-5,7H,6H2,1H3,(H2,12,16,17). The van der Waals surface area contributed by atoms with Gasteiger partial charge in [0, 0.05) is 12.3 Å². The smallest absolute Gasteiger partial charge is 0.238 e. The van der Waals surface area contributed by atoms with Crippen LogP contribution in [0.15, 0.2) is 29.2 Å². The van der Waals surface area contributed by atoms with Gasteiger partial charge in [-0.3, -0.25) is 14.5 Å². The summed E-state index contributed by atoms with van der Waals surface area (Å²) >= 11 is 0. The van der Waals surface area contributed by atoms with E-state index < -0.39 is 10.0 Å². The summed E-state index contributed by atoms with van der Waals surface area (Å²) in [7, 11) is -3.77. The molecule has 1 fully saturated rings. The number of benzene rings is 1. The average Bonchev–Trinajstić information content (AvgIpc) is 2.52. The number of sulfonamides is 1. The summed E-state index contributed by atoms with van der Waals surface area (Å²) in [6.07, 6.45) is 0.176. The summed E-state index contributed by atoms with van der Waals surface area (Å²) < 4.78 is 22.2. The molecule has 0 aliphatic carbocycles. The van der Waals surface area contributed by atoms with E-state index in [9.17, 15) is 18.0 Å². The highest BCUT2D eigenvalue weighted by atomic mass is 32.2. The molecular weight excluding hydrogens is 256 g/mol. The van der Waals surface area contributed by atoms with E-state index in [4.69, 9.17) is 5.14 Å². The van der Waals surface area contributed by atoms with Gasteiger partial charge < -0.3 is 0 Å². The van der Waals surface area contributed by atoms with E-state index in [2.05, 4.69) is 0 Å². The summed E-state index contributed by atoms with van der Waals surface area (Å²) in [5.41, 5.74) is 0.363. The van der Waals surface area contributed by atoms with E-state index in [0.717, 1.165) is 4.90 Å². The van der Waals surface area contributed by atoms with Crippen LogP contribution in [0.2, 0.25) is 0 Å². The largest absolute Gasteiger partial charge is 0.274 e. The average molecular weight is 268 g/mol. The minimum absolute atomic E-state index is 0.0570. The predicted octanol–water partition coefficient (Wildman–Crippen LogP) is 0.233. The Hall–Kier alpha value is -1.73. The van der Waals surface area contributed by atoms with Crippen LogP contribution < -0.4 is 10.0 Å². The van der Waals surface area contributed by atoms with Gasteiger partial charge in [0.1, 0.15) is 0 Å². The topological polar surface area (TPSA) is 97.5 Å². The molecule has 7 heteroatoms. The molecule has 0 saturated carbocycles. The number of hydrogen-bond donors (Lipinski definition) is 1. The number of amides is 2. The number of nitrogens with two attached hydrogens (primary N) is 1. The number of nitrogens with zero attached hydrogens (tertiary/aromatic N) is 1. The lowest BCUT2D eigenvalue weighted by Crippen LogP contribution is -2.30. The molecule has 1 atom stereocenters. The predicted molar refractivity (Wildman–Crippen MR) is 64.1 cm³/mol. The van der Waals surface area contributed by atoms with Gasteiger partial charge in [0.2, 0.25) is 21.8 Å². The fourth-order valence-corrected chi connectivity index (χ4v) is 2.36. The molecule has 1 aliphatic heterocycles. The van der Waals surface area contributed by atoms with Gasteiger partial charge in [0.05, 0.1) is 10.6 Å². The van der Waals surface area contributed by atoms with Crippen molar-refractivity contribution in [1.29, 1.82) is 0 Å². The van der Waals surface area contributed by atoms with Crippen molar-refractivity contribution in [2.24, 2.45) is 11.1 Å². The normalized spacial score (nSPS) is 20.6. The van der Waals surface area contributed by atoms with Crippen molar-refractivity contribution >= 4 is 27.5 Å².